The average Bonchev–Trinajstić information content (AvgIpc) is 2.91. The number of esters is 1. The zero-order valence-corrected chi connectivity index (χ0v) is 15.4. The average molecular weight is 406 g/mol. The molecule has 2 aliphatic heterocycles. The van der Waals surface area contributed by atoms with Crippen molar-refractivity contribution in [1.29, 1.82) is 0 Å². The van der Waals surface area contributed by atoms with E-state index in [0.29, 0.717) is 0 Å². The fourth-order valence-corrected chi connectivity index (χ4v) is 4.21. The van der Waals surface area contributed by atoms with Crippen LogP contribution in [0.25, 0.3) is 0 Å². The van der Waals surface area contributed by atoms with Gasteiger partial charge in [0.15, 0.2) is 6.29 Å². The van der Waals surface area contributed by atoms with Crippen LogP contribution >= 0.6 is 0 Å². The Balaban J connectivity index is 1.86. The smallest absolute Gasteiger partial charge is 0.337 e. The van der Waals surface area contributed by atoms with E-state index in [1.807, 2.05) is 0 Å². The molecule has 1 saturated heterocycles. The normalized spacial score (nSPS) is 48.4. The van der Waals surface area contributed by atoms with E-state index >= 15 is 0 Å². The van der Waals surface area contributed by atoms with Gasteiger partial charge < -0.3 is 49.6 Å². The second-order valence-corrected chi connectivity index (χ2v) is 7.58. The molecule has 0 bridgehead atoms. The number of aliphatic hydroxyl groups is 6. The summed E-state index contributed by atoms with van der Waals surface area (Å²) in [4.78, 5) is 12.0. The fourth-order valence-electron chi connectivity index (χ4n) is 4.21. The zero-order valence-electron chi connectivity index (χ0n) is 15.4. The van der Waals surface area contributed by atoms with Gasteiger partial charge in [0.2, 0.25) is 6.29 Å². The molecule has 0 unspecified atom stereocenters. The Morgan fingerprint density at radius 3 is 2.50 bits per heavy atom. The van der Waals surface area contributed by atoms with E-state index in [0.717, 1.165) is 6.26 Å². The summed E-state index contributed by atoms with van der Waals surface area (Å²) in [6.07, 6.45) is -8.88. The first-order chi connectivity index (χ1) is 13.1. The molecular formula is C17H26O11. The van der Waals surface area contributed by atoms with Crippen LogP contribution in [-0.2, 0) is 23.7 Å². The Morgan fingerprint density at radius 2 is 1.89 bits per heavy atom. The van der Waals surface area contributed by atoms with Gasteiger partial charge in [-0.15, -0.1) is 0 Å². The summed E-state index contributed by atoms with van der Waals surface area (Å²) in [6, 6.07) is 0. The van der Waals surface area contributed by atoms with Gasteiger partial charge in [0.05, 0.1) is 43.2 Å². The molecule has 160 valence electrons. The lowest BCUT2D eigenvalue weighted by atomic mass is 9.80. The Morgan fingerprint density at radius 1 is 1.21 bits per heavy atom. The van der Waals surface area contributed by atoms with Crippen LogP contribution < -0.4 is 0 Å². The van der Waals surface area contributed by atoms with Gasteiger partial charge in [-0.25, -0.2) is 4.79 Å². The number of carbonyl (C=O) groups excluding carboxylic acids is 1. The third-order valence-corrected chi connectivity index (χ3v) is 5.66. The maximum absolute atomic E-state index is 12.0. The lowest BCUT2D eigenvalue weighted by molar-refractivity contribution is -0.346. The minimum Gasteiger partial charge on any atom is -0.471 e. The van der Waals surface area contributed by atoms with Gasteiger partial charge in [-0.3, -0.25) is 0 Å². The highest BCUT2D eigenvalue weighted by atomic mass is 16.8. The molecule has 3 aliphatic rings. The number of aliphatic hydroxyl groups excluding tert-OH is 5. The third kappa shape index (κ3) is 3.53. The number of carbonyl (C=O) groups is 1. The first kappa shape index (κ1) is 21.4. The fraction of sp³-hybridized carbons (Fsp3) is 0.824. The van der Waals surface area contributed by atoms with Crippen molar-refractivity contribution in [3.8, 4) is 0 Å². The van der Waals surface area contributed by atoms with Gasteiger partial charge in [0.1, 0.15) is 24.4 Å². The van der Waals surface area contributed by atoms with Crippen molar-refractivity contribution < 1.29 is 54.4 Å². The number of fused-ring (bicyclic) bond motifs is 1. The molecule has 11 heteroatoms. The topological polar surface area (TPSA) is 175 Å². The lowest BCUT2D eigenvalue weighted by Gasteiger charge is -2.44. The highest BCUT2D eigenvalue weighted by Crippen LogP contribution is 2.49. The first-order valence-corrected chi connectivity index (χ1v) is 8.92. The van der Waals surface area contributed by atoms with E-state index < -0.39 is 73.1 Å². The molecular weight excluding hydrogens is 380 g/mol. The standard InChI is InChI=1S/C17H26O11/c1-17(24)3-7(19)9-6(14(23)25-2)5-26-15(10(9)17)28-16-13(22)12(21)11(20)8(4-18)27-16/h5,7-13,15-16,18-22,24H,3-4H2,1-2H3/t7-,8-,9-,10+,11-,12+,13-,15+,16+,17-/m1/s1. The van der Waals surface area contributed by atoms with Crippen LogP contribution in [0.1, 0.15) is 13.3 Å². The van der Waals surface area contributed by atoms with E-state index in [9.17, 15) is 35.4 Å². The Hall–Kier alpha value is -1.31. The largest absolute Gasteiger partial charge is 0.471 e. The Bertz CT molecular complexity index is 618. The van der Waals surface area contributed by atoms with Crippen LogP contribution in [0.4, 0.5) is 0 Å². The molecule has 28 heavy (non-hydrogen) atoms. The number of hydrogen-bond acceptors (Lipinski definition) is 11. The number of rotatable bonds is 4. The highest BCUT2D eigenvalue weighted by Gasteiger charge is 2.59. The summed E-state index contributed by atoms with van der Waals surface area (Å²) < 4.78 is 21.1. The minimum absolute atomic E-state index is 0.0337. The van der Waals surface area contributed by atoms with Crippen molar-refractivity contribution in [2.45, 2.75) is 62.0 Å². The predicted octanol–water partition coefficient (Wildman–Crippen LogP) is -3.04. The molecule has 11 nitrogen and oxygen atoms in total. The molecule has 0 radical (unpaired) electrons. The maximum atomic E-state index is 12.0. The van der Waals surface area contributed by atoms with Gasteiger partial charge >= 0.3 is 5.97 Å². The molecule has 0 aromatic heterocycles. The van der Waals surface area contributed by atoms with Crippen LogP contribution in [0.2, 0.25) is 0 Å². The van der Waals surface area contributed by atoms with Crippen molar-refractivity contribution >= 4 is 5.97 Å². The van der Waals surface area contributed by atoms with E-state index in [4.69, 9.17) is 18.9 Å². The van der Waals surface area contributed by atoms with Crippen LogP contribution in [0, 0.1) is 11.8 Å². The molecule has 1 aliphatic carbocycles. The summed E-state index contributed by atoms with van der Waals surface area (Å²) in [5.74, 6) is -2.50. The number of ether oxygens (including phenoxy) is 4. The maximum Gasteiger partial charge on any atom is 0.337 e. The molecule has 0 spiro atoms. The quantitative estimate of drug-likeness (QED) is 0.262. The van der Waals surface area contributed by atoms with Crippen LogP contribution in [0.3, 0.4) is 0 Å². The SMILES string of the molecule is COC(=O)C1=CO[C@@H](O[C@@H]2O[C@H](CO)[C@@H](O)[C@H](O)[C@H]2O)[C@@H]2[C@H]1[C@H](O)C[C@@]2(C)O. The minimum atomic E-state index is -1.66. The van der Waals surface area contributed by atoms with E-state index in [1.165, 1.54) is 14.0 Å². The first-order valence-electron chi connectivity index (χ1n) is 8.92. The monoisotopic (exact) mass is 406 g/mol. The van der Waals surface area contributed by atoms with Crippen LogP contribution in [-0.4, -0.2) is 99.0 Å². The molecule has 0 amide bonds. The van der Waals surface area contributed by atoms with Gasteiger partial charge in [-0.1, -0.05) is 0 Å². The molecule has 6 N–H and O–H groups in total. The molecule has 0 aromatic carbocycles. The van der Waals surface area contributed by atoms with Gasteiger partial charge in [-0.2, -0.15) is 0 Å². The molecule has 2 fully saturated rings. The van der Waals surface area contributed by atoms with E-state index in [2.05, 4.69) is 0 Å². The lowest BCUT2D eigenvalue weighted by Crippen LogP contribution is -2.60. The summed E-state index contributed by atoms with van der Waals surface area (Å²) in [5.41, 5.74) is -1.46. The Labute approximate surface area is 160 Å². The summed E-state index contributed by atoms with van der Waals surface area (Å²) >= 11 is 0. The Kier molecular flexibility index (Phi) is 5.99. The van der Waals surface area contributed by atoms with E-state index in [1.54, 1.807) is 0 Å². The molecule has 1 saturated carbocycles. The molecule has 10 atom stereocenters. The molecule has 2 heterocycles. The molecule has 0 aromatic rings. The second-order valence-electron chi connectivity index (χ2n) is 7.58. The van der Waals surface area contributed by atoms with Crippen molar-refractivity contribution in [3.63, 3.8) is 0 Å². The van der Waals surface area contributed by atoms with Crippen molar-refractivity contribution in [1.82, 2.24) is 0 Å². The van der Waals surface area contributed by atoms with Crippen molar-refractivity contribution in [2.24, 2.45) is 11.8 Å². The van der Waals surface area contributed by atoms with Crippen molar-refractivity contribution in [2.75, 3.05) is 13.7 Å². The summed E-state index contributed by atoms with van der Waals surface area (Å²) in [5, 5.41) is 60.4. The third-order valence-electron chi connectivity index (χ3n) is 5.66. The van der Waals surface area contributed by atoms with Crippen LogP contribution in [0.5, 0.6) is 0 Å². The van der Waals surface area contributed by atoms with Crippen molar-refractivity contribution in [3.05, 3.63) is 11.8 Å². The second kappa shape index (κ2) is 7.84. The van der Waals surface area contributed by atoms with E-state index in [-0.39, 0.29) is 12.0 Å². The zero-order chi connectivity index (χ0) is 20.8. The number of hydrogen-bond donors (Lipinski definition) is 6. The predicted molar refractivity (Wildman–Crippen MR) is 88.1 cm³/mol. The van der Waals surface area contributed by atoms with Gasteiger partial charge in [0.25, 0.3) is 0 Å². The summed E-state index contributed by atoms with van der Waals surface area (Å²) in [7, 11) is 1.17. The van der Waals surface area contributed by atoms with Crippen LogP contribution in [0.15, 0.2) is 11.8 Å². The van der Waals surface area contributed by atoms with Gasteiger partial charge in [0, 0.05) is 12.3 Å². The molecule has 3 rings (SSSR count). The summed E-state index contributed by atoms with van der Waals surface area (Å²) in [6.45, 7) is 0.819. The highest BCUT2D eigenvalue weighted by molar-refractivity contribution is 5.89. The number of methoxy groups -OCH3 is 1. The van der Waals surface area contributed by atoms with Gasteiger partial charge in [-0.05, 0) is 6.92 Å².